The van der Waals surface area contributed by atoms with Gasteiger partial charge in [-0.1, -0.05) is 76.6 Å². The summed E-state index contributed by atoms with van der Waals surface area (Å²) in [6.07, 6.45) is 0. The number of aliphatic imine (C=N–C) groups is 1. The van der Waals surface area contributed by atoms with E-state index in [9.17, 15) is 0 Å². The van der Waals surface area contributed by atoms with Crippen LogP contribution in [0.5, 0.6) is 5.75 Å². The number of aryl methyl sites for hydroxylation is 1. The predicted octanol–water partition coefficient (Wildman–Crippen LogP) is 7.57. The number of guanidine groups is 1. The van der Waals surface area contributed by atoms with Gasteiger partial charge in [-0.2, -0.15) is 10.1 Å². The Bertz CT molecular complexity index is 1710. The lowest BCUT2D eigenvalue weighted by molar-refractivity contribution is 0.407. The van der Waals surface area contributed by atoms with Gasteiger partial charge in [0.05, 0.1) is 42.5 Å². The molecule has 0 N–H and O–H groups in total. The van der Waals surface area contributed by atoms with Crippen molar-refractivity contribution in [2.75, 3.05) is 16.9 Å². The first-order chi connectivity index (χ1) is 19.1. The van der Waals surface area contributed by atoms with Crippen LogP contribution in [-0.2, 0) is 6.54 Å². The fraction of sp³-hybridized carbons (Fsp3) is 0.125. The maximum atomic E-state index is 5.93. The quantitative estimate of drug-likeness (QED) is 0.217. The Morgan fingerprint density at radius 1 is 0.846 bits per heavy atom. The summed E-state index contributed by atoms with van der Waals surface area (Å²) in [4.78, 5) is 10.0. The van der Waals surface area contributed by atoms with E-state index in [0.29, 0.717) is 6.54 Å². The van der Waals surface area contributed by atoms with Gasteiger partial charge >= 0.3 is 0 Å². The highest BCUT2D eigenvalue weighted by atomic mass is 79.9. The van der Waals surface area contributed by atoms with Crippen LogP contribution >= 0.6 is 15.9 Å². The van der Waals surface area contributed by atoms with Crippen molar-refractivity contribution in [2.24, 2.45) is 4.99 Å². The van der Waals surface area contributed by atoms with Gasteiger partial charge in [0.25, 0.3) is 0 Å². The Labute approximate surface area is 235 Å². The van der Waals surface area contributed by atoms with Gasteiger partial charge in [-0.15, -0.1) is 0 Å². The highest BCUT2D eigenvalue weighted by Gasteiger charge is 2.45. The molecule has 1 atom stereocenters. The van der Waals surface area contributed by atoms with E-state index in [-0.39, 0.29) is 6.04 Å². The van der Waals surface area contributed by atoms with E-state index in [1.54, 1.807) is 7.11 Å². The number of halogens is 1. The number of hydrogen-bond acceptors (Lipinski definition) is 5. The smallest absolute Gasteiger partial charge is 0.213 e. The van der Waals surface area contributed by atoms with Gasteiger partial charge in [0, 0.05) is 15.6 Å². The molecule has 0 spiro atoms. The molecule has 6 nitrogen and oxygen atoms in total. The van der Waals surface area contributed by atoms with Crippen molar-refractivity contribution in [3.63, 3.8) is 0 Å². The number of ether oxygens (including phenoxy) is 1. The van der Waals surface area contributed by atoms with E-state index < -0.39 is 0 Å². The first kappa shape index (κ1) is 23.7. The van der Waals surface area contributed by atoms with Crippen LogP contribution in [0.3, 0.4) is 0 Å². The number of nitrogens with zero attached hydrogens (tertiary/aromatic N) is 5. The number of para-hydroxylation sites is 3. The molecule has 3 heterocycles. The summed E-state index contributed by atoms with van der Waals surface area (Å²) in [6, 6.07) is 35.3. The van der Waals surface area contributed by atoms with Gasteiger partial charge in [0.15, 0.2) is 5.82 Å². The predicted molar refractivity (Wildman–Crippen MR) is 159 cm³/mol. The largest absolute Gasteiger partial charge is 0.496 e. The lowest BCUT2D eigenvalue weighted by Crippen LogP contribution is -2.43. The Morgan fingerprint density at radius 2 is 1.54 bits per heavy atom. The molecule has 0 bridgehead atoms. The summed E-state index contributed by atoms with van der Waals surface area (Å²) in [5.74, 6) is 2.53. The third-order valence-corrected chi connectivity index (χ3v) is 7.87. The van der Waals surface area contributed by atoms with Crippen LogP contribution in [0.25, 0.3) is 5.69 Å². The van der Waals surface area contributed by atoms with Crippen molar-refractivity contribution >= 4 is 39.1 Å². The van der Waals surface area contributed by atoms with Gasteiger partial charge in [-0.25, -0.2) is 4.68 Å². The Kier molecular flexibility index (Phi) is 5.74. The Morgan fingerprint density at radius 3 is 2.28 bits per heavy atom. The first-order valence-electron chi connectivity index (χ1n) is 12.9. The standard InChI is InChI=1S/C32H26BrN5O/c1-21-29-30(25-19-23(33)17-18-28(25)39-2)37-27-16-10-9-15-26(27)36(20-22-11-5-3-6-12-22)32(37)34-31(29)38(35-21)24-13-7-4-8-14-24/h3-19,30H,20H2,1-2H3/t30-/m0/s1. The zero-order chi connectivity index (χ0) is 26.5. The molecule has 0 saturated carbocycles. The van der Waals surface area contributed by atoms with Crippen LogP contribution in [0, 0.1) is 6.92 Å². The number of anilines is 2. The average molecular weight is 576 g/mol. The lowest BCUT2D eigenvalue weighted by Gasteiger charge is -2.35. The molecule has 192 valence electrons. The zero-order valence-corrected chi connectivity index (χ0v) is 23.2. The second-order valence-corrected chi connectivity index (χ2v) is 10.6. The van der Waals surface area contributed by atoms with Crippen LogP contribution in [0.4, 0.5) is 17.2 Å². The van der Waals surface area contributed by atoms with Crippen LogP contribution in [0.1, 0.15) is 28.4 Å². The molecule has 0 fully saturated rings. The molecule has 0 radical (unpaired) electrons. The summed E-state index contributed by atoms with van der Waals surface area (Å²) in [7, 11) is 1.73. The molecule has 2 aliphatic rings. The molecule has 7 rings (SSSR count). The van der Waals surface area contributed by atoms with Gasteiger partial charge in [-0.05, 0) is 55.0 Å². The van der Waals surface area contributed by atoms with E-state index >= 15 is 0 Å². The van der Waals surface area contributed by atoms with Crippen molar-refractivity contribution in [1.29, 1.82) is 0 Å². The molecule has 7 heteroatoms. The summed E-state index contributed by atoms with van der Waals surface area (Å²) in [6.45, 7) is 2.77. The van der Waals surface area contributed by atoms with Crippen molar-refractivity contribution in [1.82, 2.24) is 9.78 Å². The molecule has 0 aliphatic carbocycles. The minimum atomic E-state index is -0.195. The average Bonchev–Trinajstić information content (AvgIpc) is 3.47. The van der Waals surface area contributed by atoms with E-state index in [4.69, 9.17) is 14.8 Å². The summed E-state index contributed by atoms with van der Waals surface area (Å²) >= 11 is 3.72. The van der Waals surface area contributed by atoms with E-state index in [1.807, 2.05) is 35.0 Å². The Hall–Kier alpha value is -4.36. The van der Waals surface area contributed by atoms with Crippen LogP contribution in [0.2, 0.25) is 0 Å². The highest BCUT2D eigenvalue weighted by Crippen LogP contribution is 2.52. The minimum absolute atomic E-state index is 0.195. The second kappa shape index (κ2) is 9.43. The second-order valence-electron chi connectivity index (χ2n) is 9.70. The molecular weight excluding hydrogens is 550 g/mol. The molecule has 4 aromatic carbocycles. The summed E-state index contributed by atoms with van der Waals surface area (Å²) < 4.78 is 8.89. The van der Waals surface area contributed by atoms with Crippen LogP contribution < -0.4 is 14.5 Å². The summed E-state index contributed by atoms with van der Waals surface area (Å²) in [5.41, 5.74) is 7.47. The fourth-order valence-electron chi connectivity index (χ4n) is 5.67. The van der Waals surface area contributed by atoms with Gasteiger partial charge < -0.3 is 9.64 Å². The third-order valence-electron chi connectivity index (χ3n) is 7.38. The monoisotopic (exact) mass is 575 g/mol. The number of methoxy groups -OCH3 is 1. The molecular formula is C32H26BrN5O. The van der Waals surface area contributed by atoms with Crippen molar-refractivity contribution in [2.45, 2.75) is 19.5 Å². The van der Waals surface area contributed by atoms with Crippen molar-refractivity contribution in [3.05, 3.63) is 130 Å². The molecule has 39 heavy (non-hydrogen) atoms. The number of fused-ring (bicyclic) bond motifs is 4. The Balaban J connectivity index is 1.51. The maximum Gasteiger partial charge on any atom is 0.213 e. The number of aromatic nitrogens is 2. The van der Waals surface area contributed by atoms with E-state index in [1.165, 1.54) is 5.56 Å². The van der Waals surface area contributed by atoms with E-state index in [2.05, 4.69) is 105 Å². The molecule has 0 saturated heterocycles. The fourth-order valence-corrected chi connectivity index (χ4v) is 6.05. The van der Waals surface area contributed by atoms with Gasteiger partial charge in [-0.3, -0.25) is 4.90 Å². The summed E-state index contributed by atoms with van der Waals surface area (Å²) in [5, 5.41) is 5.02. The topological polar surface area (TPSA) is 45.9 Å². The van der Waals surface area contributed by atoms with E-state index in [0.717, 1.165) is 55.9 Å². The van der Waals surface area contributed by atoms with Crippen molar-refractivity contribution in [3.8, 4) is 11.4 Å². The van der Waals surface area contributed by atoms with Crippen molar-refractivity contribution < 1.29 is 4.74 Å². The minimum Gasteiger partial charge on any atom is -0.496 e. The van der Waals surface area contributed by atoms with Gasteiger partial charge in [0.1, 0.15) is 5.75 Å². The highest BCUT2D eigenvalue weighted by molar-refractivity contribution is 9.10. The molecule has 0 amide bonds. The normalized spacial score (nSPS) is 15.5. The third kappa shape index (κ3) is 3.84. The maximum absolute atomic E-state index is 5.93. The number of hydrogen-bond donors (Lipinski definition) is 0. The van der Waals surface area contributed by atoms with Crippen LogP contribution in [-0.4, -0.2) is 22.8 Å². The first-order valence-corrected chi connectivity index (χ1v) is 13.7. The molecule has 2 aliphatic heterocycles. The zero-order valence-electron chi connectivity index (χ0n) is 21.6. The van der Waals surface area contributed by atoms with Crippen LogP contribution in [0.15, 0.2) is 113 Å². The number of benzene rings is 4. The molecule has 0 unspecified atom stereocenters. The SMILES string of the molecule is COc1ccc(Br)cc1[C@H]1c2c(C)nn(-c3ccccc3)c2N=C2N(Cc3ccccc3)c3ccccc3N21. The molecule has 5 aromatic rings. The number of rotatable bonds is 5. The molecule has 1 aromatic heterocycles. The lowest BCUT2D eigenvalue weighted by atomic mass is 9.94. The van der Waals surface area contributed by atoms with Gasteiger partial charge in [0.2, 0.25) is 5.96 Å².